The Bertz CT molecular complexity index is 808. The third-order valence-corrected chi connectivity index (χ3v) is 3.60. The van der Waals surface area contributed by atoms with Gasteiger partial charge < -0.3 is 14.8 Å². The molecule has 0 bridgehead atoms. The molecule has 2 rings (SSSR count). The third kappa shape index (κ3) is 6.03. The van der Waals surface area contributed by atoms with E-state index in [1.165, 1.54) is 20.3 Å². The summed E-state index contributed by atoms with van der Waals surface area (Å²) in [6.07, 6.45) is 0.138. The van der Waals surface area contributed by atoms with Crippen LogP contribution in [-0.4, -0.2) is 38.5 Å². The van der Waals surface area contributed by atoms with E-state index in [1.54, 1.807) is 12.1 Å². The molecular weight excluding hydrogens is 350 g/mol. The topological polar surface area (TPSA) is 106 Å². The van der Waals surface area contributed by atoms with Crippen molar-refractivity contribution >= 4 is 17.7 Å². The predicted octanol–water partition coefficient (Wildman–Crippen LogP) is 0.824. The Morgan fingerprint density at radius 2 is 1.52 bits per heavy atom. The van der Waals surface area contributed by atoms with Crippen molar-refractivity contribution in [1.82, 2.24) is 16.2 Å². The molecule has 0 aliphatic rings. The minimum Gasteiger partial charge on any atom is -0.493 e. The lowest BCUT2D eigenvalue weighted by molar-refractivity contribution is -0.128. The number of nitrogens with one attached hydrogen (secondary N) is 3. The summed E-state index contributed by atoms with van der Waals surface area (Å²) in [5.74, 6) is -0.469. The molecule has 0 radical (unpaired) electrons. The second kappa shape index (κ2) is 9.81. The van der Waals surface area contributed by atoms with E-state index < -0.39 is 11.8 Å². The van der Waals surface area contributed by atoms with Gasteiger partial charge in [0.05, 0.1) is 27.2 Å². The first-order valence-corrected chi connectivity index (χ1v) is 8.15. The zero-order valence-electron chi connectivity index (χ0n) is 15.1. The van der Waals surface area contributed by atoms with E-state index in [-0.39, 0.29) is 18.9 Å². The number of methoxy groups -OCH3 is 2. The fourth-order valence-electron chi connectivity index (χ4n) is 2.25. The van der Waals surface area contributed by atoms with E-state index in [2.05, 4.69) is 16.2 Å². The largest absolute Gasteiger partial charge is 0.493 e. The maximum absolute atomic E-state index is 12.1. The molecule has 0 unspecified atom stereocenters. The van der Waals surface area contributed by atoms with Gasteiger partial charge in [0, 0.05) is 5.56 Å². The molecule has 0 atom stereocenters. The van der Waals surface area contributed by atoms with Gasteiger partial charge in [-0.2, -0.15) is 0 Å². The highest BCUT2D eigenvalue weighted by Gasteiger charge is 2.12. The minimum atomic E-state index is -0.551. The quantitative estimate of drug-likeness (QED) is 0.625. The first kappa shape index (κ1) is 19.8. The predicted molar refractivity (Wildman–Crippen MR) is 98.3 cm³/mol. The molecule has 0 heterocycles. The Kier molecular flexibility index (Phi) is 7.18. The summed E-state index contributed by atoms with van der Waals surface area (Å²) < 4.78 is 10.2. The van der Waals surface area contributed by atoms with Gasteiger partial charge >= 0.3 is 0 Å². The lowest BCUT2D eigenvalue weighted by Crippen LogP contribution is -2.46. The number of carbonyl (C=O) groups is 3. The Morgan fingerprint density at radius 3 is 2.19 bits per heavy atom. The van der Waals surface area contributed by atoms with Gasteiger partial charge in [-0.25, -0.2) is 0 Å². The van der Waals surface area contributed by atoms with E-state index in [0.29, 0.717) is 17.1 Å². The molecule has 8 heteroatoms. The Balaban J connectivity index is 1.78. The van der Waals surface area contributed by atoms with Crippen molar-refractivity contribution in [3.8, 4) is 11.5 Å². The average Bonchev–Trinajstić information content (AvgIpc) is 2.70. The van der Waals surface area contributed by atoms with Gasteiger partial charge in [0.2, 0.25) is 5.91 Å². The summed E-state index contributed by atoms with van der Waals surface area (Å²) in [6.45, 7) is -0.293. The standard InChI is InChI=1S/C19H21N3O5/c1-26-15-9-8-14(11-16(15)27-2)19(25)20-12-18(24)22-21-17(23)10-13-6-4-3-5-7-13/h3-9,11H,10,12H2,1-2H3,(H,20,25)(H,21,23)(H,22,24). The molecule has 0 aliphatic heterocycles. The molecule has 0 fully saturated rings. The van der Waals surface area contributed by atoms with E-state index in [0.717, 1.165) is 5.56 Å². The normalized spacial score (nSPS) is 9.85. The third-order valence-electron chi connectivity index (χ3n) is 3.60. The molecule has 142 valence electrons. The van der Waals surface area contributed by atoms with Crippen LogP contribution in [0.2, 0.25) is 0 Å². The molecule has 0 aromatic heterocycles. The molecule has 0 aliphatic carbocycles. The van der Waals surface area contributed by atoms with Gasteiger partial charge in [0.15, 0.2) is 11.5 Å². The van der Waals surface area contributed by atoms with Crippen LogP contribution in [0.1, 0.15) is 15.9 Å². The van der Waals surface area contributed by atoms with Crippen LogP contribution in [-0.2, 0) is 16.0 Å². The number of benzene rings is 2. The van der Waals surface area contributed by atoms with E-state index in [4.69, 9.17) is 9.47 Å². The second-order valence-electron chi connectivity index (χ2n) is 5.51. The SMILES string of the molecule is COc1ccc(C(=O)NCC(=O)NNC(=O)Cc2ccccc2)cc1OC. The van der Waals surface area contributed by atoms with Crippen LogP contribution < -0.4 is 25.6 Å². The summed E-state index contributed by atoms with van der Waals surface area (Å²) in [6, 6.07) is 13.8. The van der Waals surface area contributed by atoms with Crippen molar-refractivity contribution in [2.45, 2.75) is 6.42 Å². The van der Waals surface area contributed by atoms with Gasteiger partial charge in [-0.05, 0) is 23.8 Å². The van der Waals surface area contributed by atoms with Gasteiger partial charge in [0.25, 0.3) is 11.8 Å². The zero-order valence-corrected chi connectivity index (χ0v) is 15.1. The average molecular weight is 371 g/mol. The molecule has 27 heavy (non-hydrogen) atoms. The number of rotatable bonds is 7. The summed E-state index contributed by atoms with van der Waals surface area (Å²) in [5, 5.41) is 2.46. The fraction of sp³-hybridized carbons (Fsp3) is 0.211. The Hall–Kier alpha value is -3.55. The molecule has 2 aromatic carbocycles. The van der Waals surface area contributed by atoms with Gasteiger partial charge in [-0.1, -0.05) is 30.3 Å². The van der Waals surface area contributed by atoms with Gasteiger partial charge in [0.1, 0.15) is 0 Å². The van der Waals surface area contributed by atoms with Crippen LogP contribution in [0, 0.1) is 0 Å². The number of ether oxygens (including phenoxy) is 2. The Labute approximate surface area is 156 Å². The molecule has 0 spiro atoms. The number of amides is 3. The molecule has 3 amide bonds. The van der Waals surface area contributed by atoms with Gasteiger partial charge in [-0.15, -0.1) is 0 Å². The summed E-state index contributed by atoms with van der Waals surface area (Å²) in [7, 11) is 2.96. The lowest BCUT2D eigenvalue weighted by Gasteiger charge is -2.10. The summed E-state index contributed by atoms with van der Waals surface area (Å²) in [4.78, 5) is 35.7. The Morgan fingerprint density at radius 1 is 0.852 bits per heavy atom. The van der Waals surface area contributed by atoms with Crippen molar-refractivity contribution < 1.29 is 23.9 Å². The zero-order chi connectivity index (χ0) is 19.6. The van der Waals surface area contributed by atoms with Crippen molar-refractivity contribution in [3.63, 3.8) is 0 Å². The molecule has 3 N–H and O–H groups in total. The molecule has 2 aromatic rings. The first-order valence-electron chi connectivity index (χ1n) is 8.15. The number of hydrogen-bond donors (Lipinski definition) is 3. The smallest absolute Gasteiger partial charge is 0.257 e. The van der Waals surface area contributed by atoms with E-state index in [9.17, 15) is 14.4 Å². The number of hydrogen-bond acceptors (Lipinski definition) is 5. The minimum absolute atomic E-state index is 0.138. The van der Waals surface area contributed by atoms with Gasteiger partial charge in [-0.3, -0.25) is 25.2 Å². The first-order chi connectivity index (χ1) is 13.0. The second-order valence-corrected chi connectivity index (χ2v) is 5.51. The summed E-state index contributed by atoms with van der Waals surface area (Å²) >= 11 is 0. The molecule has 0 saturated carbocycles. The lowest BCUT2D eigenvalue weighted by atomic mass is 10.1. The fourth-order valence-corrected chi connectivity index (χ4v) is 2.25. The van der Waals surface area contributed by atoms with Crippen LogP contribution in [0.15, 0.2) is 48.5 Å². The number of carbonyl (C=O) groups excluding carboxylic acids is 3. The van der Waals surface area contributed by atoms with E-state index >= 15 is 0 Å². The highest BCUT2D eigenvalue weighted by molar-refractivity contribution is 5.97. The van der Waals surface area contributed by atoms with Crippen LogP contribution in [0.25, 0.3) is 0 Å². The van der Waals surface area contributed by atoms with Crippen molar-refractivity contribution in [1.29, 1.82) is 0 Å². The molecular formula is C19H21N3O5. The monoisotopic (exact) mass is 371 g/mol. The van der Waals surface area contributed by atoms with Crippen molar-refractivity contribution in [2.75, 3.05) is 20.8 Å². The van der Waals surface area contributed by atoms with Crippen molar-refractivity contribution in [3.05, 3.63) is 59.7 Å². The van der Waals surface area contributed by atoms with Crippen LogP contribution >= 0.6 is 0 Å². The van der Waals surface area contributed by atoms with Crippen LogP contribution in [0.5, 0.6) is 11.5 Å². The van der Waals surface area contributed by atoms with Crippen LogP contribution in [0.4, 0.5) is 0 Å². The van der Waals surface area contributed by atoms with Crippen molar-refractivity contribution in [2.24, 2.45) is 0 Å². The van der Waals surface area contributed by atoms with E-state index in [1.807, 2.05) is 30.3 Å². The highest BCUT2D eigenvalue weighted by atomic mass is 16.5. The number of hydrazine groups is 1. The molecule has 0 saturated heterocycles. The highest BCUT2D eigenvalue weighted by Crippen LogP contribution is 2.27. The summed E-state index contributed by atoms with van der Waals surface area (Å²) in [5.41, 5.74) is 5.69. The molecule has 8 nitrogen and oxygen atoms in total. The maximum Gasteiger partial charge on any atom is 0.257 e. The maximum atomic E-state index is 12.1. The van der Waals surface area contributed by atoms with Crippen LogP contribution in [0.3, 0.4) is 0 Å².